The van der Waals surface area contributed by atoms with Crippen LogP contribution in [0.5, 0.6) is 0 Å². The van der Waals surface area contributed by atoms with E-state index < -0.39 is 0 Å². The van der Waals surface area contributed by atoms with Crippen LogP contribution in [-0.2, 0) is 0 Å². The van der Waals surface area contributed by atoms with Gasteiger partial charge in [0.2, 0.25) is 0 Å². The largest absolute Gasteiger partial charge is 0.393 e. The molecule has 0 aromatic carbocycles. The van der Waals surface area contributed by atoms with Crippen molar-refractivity contribution in [2.75, 3.05) is 52.9 Å². The Morgan fingerprint density at radius 1 is 0.649 bits per heavy atom. The third-order valence-electron chi connectivity index (χ3n) is 11.4. The van der Waals surface area contributed by atoms with E-state index in [2.05, 4.69) is 28.7 Å². The summed E-state index contributed by atoms with van der Waals surface area (Å²) in [5.41, 5.74) is 3.83. The first kappa shape index (κ1) is 28.1. The summed E-state index contributed by atoms with van der Waals surface area (Å²) in [6.45, 7) is 11.5. The second kappa shape index (κ2) is 13.8. The van der Waals surface area contributed by atoms with Crippen molar-refractivity contribution in [1.29, 1.82) is 0 Å². The number of piperidine rings is 1. The number of aliphatic hydroxyl groups excluding tert-OH is 1. The van der Waals surface area contributed by atoms with Gasteiger partial charge in [-0.3, -0.25) is 0 Å². The van der Waals surface area contributed by atoms with Crippen LogP contribution in [0, 0.1) is 23.7 Å². The lowest BCUT2D eigenvalue weighted by atomic mass is 9.67. The molecule has 4 heteroatoms. The zero-order chi connectivity index (χ0) is 25.6. The Hall–Kier alpha value is -0.420. The van der Waals surface area contributed by atoms with Crippen molar-refractivity contribution in [2.45, 2.75) is 122 Å². The quantitative estimate of drug-likeness (QED) is 0.402. The number of rotatable bonds is 7. The molecule has 0 amide bonds. The van der Waals surface area contributed by atoms with Gasteiger partial charge in [-0.2, -0.15) is 0 Å². The van der Waals surface area contributed by atoms with Gasteiger partial charge in [0.05, 0.1) is 6.10 Å². The third kappa shape index (κ3) is 7.41. The summed E-state index contributed by atoms with van der Waals surface area (Å²) < 4.78 is 0. The summed E-state index contributed by atoms with van der Waals surface area (Å²) in [6, 6.07) is 0.843. The molecule has 0 radical (unpaired) electrons. The zero-order valence-electron chi connectivity index (χ0n) is 24.5. The van der Waals surface area contributed by atoms with Crippen molar-refractivity contribution >= 4 is 0 Å². The summed E-state index contributed by atoms with van der Waals surface area (Å²) >= 11 is 0. The summed E-state index contributed by atoms with van der Waals surface area (Å²) in [7, 11) is 2.27. The van der Waals surface area contributed by atoms with Crippen molar-refractivity contribution in [3.8, 4) is 0 Å². The van der Waals surface area contributed by atoms with Crippen LogP contribution >= 0.6 is 0 Å². The minimum Gasteiger partial charge on any atom is -0.393 e. The van der Waals surface area contributed by atoms with Crippen LogP contribution in [0.25, 0.3) is 0 Å². The number of likely N-dealkylation sites (N-methyl/N-ethyl adjacent to an activating group) is 1. The van der Waals surface area contributed by atoms with Gasteiger partial charge in [-0.25, -0.2) is 0 Å². The summed E-state index contributed by atoms with van der Waals surface area (Å²) in [5, 5.41) is 10.2. The Kier molecular flexibility index (Phi) is 10.5. The van der Waals surface area contributed by atoms with Gasteiger partial charge in [0, 0.05) is 38.8 Å². The van der Waals surface area contributed by atoms with Crippen molar-refractivity contribution in [3.63, 3.8) is 0 Å². The number of nitrogens with zero attached hydrogens (tertiary/aromatic N) is 3. The molecule has 0 spiro atoms. The van der Waals surface area contributed by atoms with Crippen LogP contribution in [0.2, 0.25) is 0 Å². The van der Waals surface area contributed by atoms with E-state index in [9.17, 15) is 5.11 Å². The van der Waals surface area contributed by atoms with Gasteiger partial charge in [0.1, 0.15) is 0 Å². The summed E-state index contributed by atoms with van der Waals surface area (Å²) in [4.78, 5) is 8.12. The average Bonchev–Trinajstić information content (AvgIpc) is 2.95. The molecule has 212 valence electrons. The monoisotopic (exact) mass is 513 g/mol. The standard InChI is InChI=1S/C33H59N3O/c1-3-32(27-7-5-4-6-8-27)33(29-11-15-31(37)16-12-29)28-9-13-30(14-10-28)36-19-17-26(18-20-36)25-35-23-21-34(2)22-24-35/h26-31,37H,3-25H2,1-2H3/b33-32+. The van der Waals surface area contributed by atoms with E-state index in [1.165, 1.54) is 136 Å². The third-order valence-corrected chi connectivity index (χ3v) is 11.4. The molecular formula is C33H59N3O. The van der Waals surface area contributed by atoms with Gasteiger partial charge >= 0.3 is 0 Å². The van der Waals surface area contributed by atoms with E-state index >= 15 is 0 Å². The molecule has 2 aliphatic heterocycles. The molecule has 2 saturated heterocycles. The number of allylic oxidation sites excluding steroid dienone is 2. The van der Waals surface area contributed by atoms with E-state index in [4.69, 9.17) is 0 Å². The van der Waals surface area contributed by atoms with Gasteiger partial charge in [-0.05, 0) is 127 Å². The number of likely N-dealkylation sites (tertiary alicyclic amines) is 1. The number of hydrogen-bond donors (Lipinski definition) is 1. The van der Waals surface area contributed by atoms with Crippen molar-refractivity contribution < 1.29 is 5.11 Å². The Bertz CT molecular complexity index is 699. The van der Waals surface area contributed by atoms with Gasteiger partial charge in [0.15, 0.2) is 0 Å². The lowest BCUT2D eigenvalue weighted by Gasteiger charge is -2.44. The second-order valence-corrected chi connectivity index (χ2v) is 13.8. The second-order valence-electron chi connectivity index (χ2n) is 13.8. The Morgan fingerprint density at radius 3 is 1.84 bits per heavy atom. The van der Waals surface area contributed by atoms with Crippen molar-refractivity contribution in [3.05, 3.63) is 11.1 Å². The van der Waals surface area contributed by atoms with Crippen molar-refractivity contribution in [2.24, 2.45) is 23.7 Å². The van der Waals surface area contributed by atoms with Gasteiger partial charge < -0.3 is 19.8 Å². The minimum atomic E-state index is -0.0350. The van der Waals surface area contributed by atoms with Crippen LogP contribution in [0.15, 0.2) is 11.1 Å². The molecule has 0 aromatic rings. The normalized spacial score (nSPS) is 35.4. The first-order valence-corrected chi connectivity index (χ1v) is 16.7. The maximum absolute atomic E-state index is 10.2. The molecular weight excluding hydrogens is 454 g/mol. The van der Waals surface area contributed by atoms with Gasteiger partial charge in [0.25, 0.3) is 0 Å². The lowest BCUT2D eigenvalue weighted by molar-refractivity contribution is 0.0713. The van der Waals surface area contributed by atoms with Crippen LogP contribution < -0.4 is 0 Å². The highest BCUT2D eigenvalue weighted by molar-refractivity contribution is 5.24. The van der Waals surface area contributed by atoms with Crippen LogP contribution in [0.1, 0.15) is 110 Å². The molecule has 1 N–H and O–H groups in total. The lowest BCUT2D eigenvalue weighted by Crippen LogP contribution is -2.48. The Balaban J connectivity index is 1.16. The van der Waals surface area contributed by atoms with E-state index in [0.29, 0.717) is 0 Å². The molecule has 37 heavy (non-hydrogen) atoms. The van der Waals surface area contributed by atoms with E-state index in [-0.39, 0.29) is 6.10 Å². The minimum absolute atomic E-state index is 0.0350. The first-order valence-electron chi connectivity index (χ1n) is 16.7. The number of piperazine rings is 1. The van der Waals surface area contributed by atoms with E-state index in [1.54, 1.807) is 0 Å². The van der Waals surface area contributed by atoms with Crippen LogP contribution in [0.3, 0.4) is 0 Å². The molecule has 0 unspecified atom stereocenters. The fourth-order valence-electron chi connectivity index (χ4n) is 9.07. The fraction of sp³-hybridized carbons (Fsp3) is 0.939. The SMILES string of the molecule is CC/C(=C(\C1CCC(O)CC1)C1CCC(N2CCC(CN3CCN(C)CC3)CC2)CC1)C1CCCCC1. The average molecular weight is 514 g/mol. The molecule has 3 saturated carbocycles. The summed E-state index contributed by atoms with van der Waals surface area (Å²) in [5.74, 6) is 3.41. The molecule has 5 rings (SSSR count). The number of aliphatic hydroxyl groups is 1. The topological polar surface area (TPSA) is 30.0 Å². The smallest absolute Gasteiger partial charge is 0.0540 e. The van der Waals surface area contributed by atoms with Crippen molar-refractivity contribution in [1.82, 2.24) is 14.7 Å². The van der Waals surface area contributed by atoms with E-state index in [0.717, 1.165) is 42.6 Å². The molecule has 0 atom stereocenters. The highest BCUT2D eigenvalue weighted by Crippen LogP contribution is 2.46. The van der Waals surface area contributed by atoms with Gasteiger partial charge in [-0.15, -0.1) is 0 Å². The Morgan fingerprint density at radius 2 is 1.24 bits per heavy atom. The van der Waals surface area contributed by atoms with Crippen LogP contribution in [-0.4, -0.2) is 84.8 Å². The number of hydrogen-bond acceptors (Lipinski definition) is 4. The Labute approximate surface area is 229 Å². The fourth-order valence-corrected chi connectivity index (χ4v) is 9.07. The molecule has 4 nitrogen and oxygen atoms in total. The molecule has 5 fully saturated rings. The first-order chi connectivity index (χ1) is 18.1. The van der Waals surface area contributed by atoms with E-state index in [1.807, 2.05) is 11.1 Å². The maximum atomic E-state index is 10.2. The summed E-state index contributed by atoms with van der Waals surface area (Å²) in [6.07, 6.45) is 21.6. The molecule has 3 aliphatic carbocycles. The molecule has 2 heterocycles. The highest BCUT2D eigenvalue weighted by atomic mass is 16.3. The predicted molar refractivity (Wildman–Crippen MR) is 156 cm³/mol. The maximum Gasteiger partial charge on any atom is 0.0540 e. The van der Waals surface area contributed by atoms with Gasteiger partial charge in [-0.1, -0.05) is 37.3 Å². The van der Waals surface area contributed by atoms with Crippen LogP contribution in [0.4, 0.5) is 0 Å². The predicted octanol–water partition coefficient (Wildman–Crippen LogP) is 6.34. The molecule has 0 bridgehead atoms. The zero-order valence-corrected chi connectivity index (χ0v) is 24.5. The molecule has 0 aromatic heterocycles. The molecule has 5 aliphatic rings. The highest BCUT2D eigenvalue weighted by Gasteiger charge is 2.36.